The van der Waals surface area contributed by atoms with Gasteiger partial charge in [0.05, 0.1) is 10.5 Å². The minimum atomic E-state index is -0.534. The van der Waals surface area contributed by atoms with E-state index in [4.69, 9.17) is 11.6 Å². The standard InChI is InChI=1S/C12H12ClFN2O/c1-6(2)15-12(17)9-5-7-3-4-8(13)10(14)11(7)16-9/h3-6,16H,1-2H3,(H,15,17). The average Bonchev–Trinajstić information content (AvgIpc) is 2.67. The number of carbonyl (C=O) groups excluding carboxylic acids is 1. The molecule has 0 saturated carbocycles. The van der Waals surface area contributed by atoms with Gasteiger partial charge in [-0.2, -0.15) is 0 Å². The fourth-order valence-electron chi connectivity index (χ4n) is 1.60. The molecule has 5 heteroatoms. The summed E-state index contributed by atoms with van der Waals surface area (Å²) in [6, 6.07) is 4.77. The van der Waals surface area contributed by atoms with Crippen LogP contribution in [0.15, 0.2) is 18.2 Å². The fraction of sp³-hybridized carbons (Fsp3) is 0.250. The molecule has 1 amide bonds. The SMILES string of the molecule is CC(C)NC(=O)c1cc2ccc(Cl)c(F)c2[nH]1. The molecule has 1 heterocycles. The molecule has 90 valence electrons. The molecule has 0 aliphatic rings. The van der Waals surface area contributed by atoms with E-state index >= 15 is 0 Å². The van der Waals surface area contributed by atoms with Crippen molar-refractivity contribution >= 4 is 28.4 Å². The number of fused-ring (bicyclic) bond motifs is 1. The van der Waals surface area contributed by atoms with Crippen molar-refractivity contribution in [3.8, 4) is 0 Å². The van der Waals surface area contributed by atoms with Crippen molar-refractivity contribution in [2.24, 2.45) is 0 Å². The van der Waals surface area contributed by atoms with E-state index < -0.39 is 5.82 Å². The maximum Gasteiger partial charge on any atom is 0.267 e. The molecule has 0 unspecified atom stereocenters. The van der Waals surface area contributed by atoms with Crippen molar-refractivity contribution in [3.63, 3.8) is 0 Å². The zero-order valence-corrected chi connectivity index (χ0v) is 10.2. The quantitative estimate of drug-likeness (QED) is 0.850. The van der Waals surface area contributed by atoms with Crippen molar-refractivity contribution in [1.82, 2.24) is 10.3 Å². The van der Waals surface area contributed by atoms with Crippen molar-refractivity contribution in [3.05, 3.63) is 34.7 Å². The number of carbonyl (C=O) groups is 1. The number of nitrogens with one attached hydrogen (secondary N) is 2. The van der Waals surface area contributed by atoms with Crippen LogP contribution in [0.3, 0.4) is 0 Å². The second kappa shape index (κ2) is 4.37. The second-order valence-corrected chi connectivity index (χ2v) is 4.54. The number of hydrogen-bond acceptors (Lipinski definition) is 1. The minimum absolute atomic E-state index is 0.0300. The van der Waals surface area contributed by atoms with Gasteiger partial charge in [-0.3, -0.25) is 4.79 Å². The predicted octanol–water partition coefficient (Wildman–Crippen LogP) is 3.10. The predicted molar refractivity (Wildman–Crippen MR) is 65.9 cm³/mol. The Hall–Kier alpha value is -1.55. The molecule has 0 bridgehead atoms. The molecule has 2 rings (SSSR count). The highest BCUT2D eigenvalue weighted by Gasteiger charge is 2.13. The minimum Gasteiger partial charge on any atom is -0.349 e. The van der Waals surface area contributed by atoms with E-state index in [0.29, 0.717) is 11.1 Å². The number of rotatable bonds is 2. The normalized spacial score (nSPS) is 11.1. The topological polar surface area (TPSA) is 44.9 Å². The van der Waals surface area contributed by atoms with Crippen LogP contribution in [0.2, 0.25) is 5.02 Å². The third-order valence-electron chi connectivity index (χ3n) is 2.35. The molecule has 2 N–H and O–H groups in total. The number of aromatic amines is 1. The Bertz CT molecular complexity index is 577. The highest BCUT2D eigenvalue weighted by Crippen LogP contribution is 2.24. The number of benzene rings is 1. The summed E-state index contributed by atoms with van der Waals surface area (Å²) >= 11 is 5.67. The summed E-state index contributed by atoms with van der Waals surface area (Å²) in [4.78, 5) is 14.5. The Morgan fingerprint density at radius 3 is 2.82 bits per heavy atom. The van der Waals surface area contributed by atoms with E-state index in [-0.39, 0.29) is 22.5 Å². The summed E-state index contributed by atoms with van der Waals surface area (Å²) < 4.78 is 13.6. The smallest absolute Gasteiger partial charge is 0.267 e. The van der Waals surface area contributed by atoms with Gasteiger partial charge in [-0.25, -0.2) is 4.39 Å². The molecular formula is C12H12ClFN2O. The first-order valence-corrected chi connectivity index (χ1v) is 5.64. The Labute approximate surface area is 103 Å². The first-order valence-electron chi connectivity index (χ1n) is 5.26. The van der Waals surface area contributed by atoms with Crippen LogP contribution in [0.1, 0.15) is 24.3 Å². The maximum atomic E-state index is 13.6. The van der Waals surface area contributed by atoms with Crippen LogP contribution in [0.25, 0.3) is 10.9 Å². The molecular weight excluding hydrogens is 243 g/mol. The van der Waals surface area contributed by atoms with Gasteiger partial charge in [0.15, 0.2) is 5.82 Å². The van der Waals surface area contributed by atoms with E-state index in [0.717, 1.165) is 0 Å². The lowest BCUT2D eigenvalue weighted by molar-refractivity contribution is 0.0939. The van der Waals surface area contributed by atoms with Gasteiger partial charge < -0.3 is 10.3 Å². The fourth-order valence-corrected chi connectivity index (χ4v) is 1.76. The lowest BCUT2D eigenvalue weighted by Crippen LogP contribution is -2.30. The van der Waals surface area contributed by atoms with Gasteiger partial charge in [-0.1, -0.05) is 17.7 Å². The van der Waals surface area contributed by atoms with Crippen LogP contribution in [-0.4, -0.2) is 16.9 Å². The van der Waals surface area contributed by atoms with Crippen LogP contribution in [0.5, 0.6) is 0 Å². The Kier molecular flexibility index (Phi) is 3.07. The van der Waals surface area contributed by atoms with Gasteiger partial charge in [-0.15, -0.1) is 0 Å². The largest absolute Gasteiger partial charge is 0.349 e. The van der Waals surface area contributed by atoms with E-state index in [9.17, 15) is 9.18 Å². The van der Waals surface area contributed by atoms with Crippen LogP contribution < -0.4 is 5.32 Å². The maximum absolute atomic E-state index is 13.6. The monoisotopic (exact) mass is 254 g/mol. The van der Waals surface area contributed by atoms with Crippen molar-refractivity contribution < 1.29 is 9.18 Å². The van der Waals surface area contributed by atoms with Crippen LogP contribution in [0, 0.1) is 5.82 Å². The molecule has 1 aromatic carbocycles. The van der Waals surface area contributed by atoms with E-state index in [1.807, 2.05) is 13.8 Å². The first-order chi connectivity index (χ1) is 7.99. The highest BCUT2D eigenvalue weighted by molar-refractivity contribution is 6.31. The van der Waals surface area contributed by atoms with Gasteiger partial charge in [0, 0.05) is 11.4 Å². The van der Waals surface area contributed by atoms with Gasteiger partial charge >= 0.3 is 0 Å². The molecule has 0 saturated heterocycles. The van der Waals surface area contributed by atoms with Gasteiger partial charge in [0.25, 0.3) is 5.91 Å². The number of aromatic nitrogens is 1. The zero-order valence-electron chi connectivity index (χ0n) is 9.47. The molecule has 2 aromatic rings. The number of halogens is 2. The summed E-state index contributed by atoms with van der Waals surface area (Å²) in [5.41, 5.74) is 0.585. The highest BCUT2D eigenvalue weighted by atomic mass is 35.5. The summed E-state index contributed by atoms with van der Waals surface area (Å²) in [6.07, 6.45) is 0. The number of H-pyrrole nitrogens is 1. The lowest BCUT2D eigenvalue weighted by Gasteiger charge is -2.05. The first kappa shape index (κ1) is 11.9. The lowest BCUT2D eigenvalue weighted by atomic mass is 10.2. The average molecular weight is 255 g/mol. The Morgan fingerprint density at radius 1 is 1.47 bits per heavy atom. The van der Waals surface area contributed by atoms with Crippen molar-refractivity contribution in [1.29, 1.82) is 0 Å². The molecule has 17 heavy (non-hydrogen) atoms. The third-order valence-corrected chi connectivity index (χ3v) is 2.64. The molecule has 0 spiro atoms. The Balaban J connectivity index is 2.45. The molecule has 0 radical (unpaired) electrons. The number of hydrogen-bond donors (Lipinski definition) is 2. The third kappa shape index (κ3) is 2.26. The van der Waals surface area contributed by atoms with Gasteiger partial charge in [-0.05, 0) is 26.0 Å². The zero-order chi connectivity index (χ0) is 12.6. The van der Waals surface area contributed by atoms with Crippen molar-refractivity contribution in [2.75, 3.05) is 0 Å². The van der Waals surface area contributed by atoms with Gasteiger partial charge in [0.2, 0.25) is 0 Å². The Morgan fingerprint density at radius 2 is 2.18 bits per heavy atom. The molecule has 0 fully saturated rings. The number of amides is 1. The van der Waals surface area contributed by atoms with E-state index in [1.54, 1.807) is 12.1 Å². The molecule has 1 aromatic heterocycles. The van der Waals surface area contributed by atoms with Crippen molar-refractivity contribution in [2.45, 2.75) is 19.9 Å². The summed E-state index contributed by atoms with van der Waals surface area (Å²) in [5.74, 6) is -0.792. The molecule has 0 aliphatic carbocycles. The summed E-state index contributed by atoms with van der Waals surface area (Å²) in [6.45, 7) is 3.72. The second-order valence-electron chi connectivity index (χ2n) is 4.14. The van der Waals surface area contributed by atoms with E-state index in [2.05, 4.69) is 10.3 Å². The van der Waals surface area contributed by atoms with Crippen LogP contribution in [-0.2, 0) is 0 Å². The van der Waals surface area contributed by atoms with Crippen LogP contribution >= 0.6 is 11.6 Å². The summed E-state index contributed by atoms with van der Waals surface area (Å²) in [7, 11) is 0. The molecule has 3 nitrogen and oxygen atoms in total. The molecule has 0 atom stereocenters. The van der Waals surface area contributed by atoms with Gasteiger partial charge in [0.1, 0.15) is 5.69 Å². The molecule has 0 aliphatic heterocycles. The van der Waals surface area contributed by atoms with Crippen LogP contribution in [0.4, 0.5) is 4.39 Å². The van der Waals surface area contributed by atoms with E-state index in [1.165, 1.54) is 6.07 Å². The summed E-state index contributed by atoms with van der Waals surface area (Å²) in [5, 5.41) is 3.39.